The lowest BCUT2D eigenvalue weighted by Gasteiger charge is -2.32. The molecule has 7 nitrogen and oxygen atoms in total. The van der Waals surface area contributed by atoms with Crippen LogP contribution in [0.5, 0.6) is 0 Å². The molecule has 1 atom stereocenters. The minimum absolute atomic E-state index is 0.180. The Morgan fingerprint density at radius 3 is 2.30 bits per heavy atom. The first-order valence-electron chi connectivity index (χ1n) is 10.9. The molecular formula is C24H32BrN3O4S. The van der Waals surface area contributed by atoms with Crippen molar-refractivity contribution < 1.29 is 18.0 Å². The van der Waals surface area contributed by atoms with E-state index >= 15 is 0 Å². The van der Waals surface area contributed by atoms with Gasteiger partial charge in [0.1, 0.15) is 12.6 Å². The molecule has 2 aromatic rings. The number of aryl methyl sites for hydroxylation is 1. The van der Waals surface area contributed by atoms with Gasteiger partial charge in [-0.15, -0.1) is 0 Å². The lowest BCUT2D eigenvalue weighted by molar-refractivity contribution is -0.139. The van der Waals surface area contributed by atoms with Crippen LogP contribution < -0.4 is 9.62 Å². The summed E-state index contributed by atoms with van der Waals surface area (Å²) in [6, 6.07) is 13.7. The minimum atomic E-state index is -3.73. The SMILES string of the molecule is CCCCNC(=O)[C@@H](C)N(Cc1ccc(Br)cc1)C(=O)CN(c1ccccc1C)S(C)(=O)=O. The van der Waals surface area contributed by atoms with E-state index in [0.29, 0.717) is 12.2 Å². The van der Waals surface area contributed by atoms with Crippen LogP contribution in [0.3, 0.4) is 0 Å². The third kappa shape index (κ3) is 7.85. The summed E-state index contributed by atoms with van der Waals surface area (Å²) in [5.41, 5.74) is 2.01. The average molecular weight is 539 g/mol. The number of hydrogen-bond donors (Lipinski definition) is 1. The van der Waals surface area contributed by atoms with Crippen LogP contribution in [0, 0.1) is 6.92 Å². The number of sulfonamides is 1. The van der Waals surface area contributed by atoms with E-state index in [9.17, 15) is 18.0 Å². The smallest absolute Gasteiger partial charge is 0.244 e. The van der Waals surface area contributed by atoms with E-state index in [4.69, 9.17) is 0 Å². The molecule has 0 radical (unpaired) electrons. The Labute approximate surface area is 205 Å². The third-order valence-corrected chi connectivity index (χ3v) is 6.98. The molecule has 0 spiro atoms. The molecule has 0 saturated carbocycles. The summed E-state index contributed by atoms with van der Waals surface area (Å²) in [5, 5.41) is 2.87. The van der Waals surface area contributed by atoms with Crippen molar-refractivity contribution in [3.63, 3.8) is 0 Å². The molecule has 0 saturated heterocycles. The number of para-hydroxylation sites is 1. The summed E-state index contributed by atoms with van der Waals surface area (Å²) in [6.45, 7) is 5.80. The summed E-state index contributed by atoms with van der Waals surface area (Å²) < 4.78 is 27.2. The molecule has 2 rings (SSSR count). The molecule has 0 bridgehead atoms. The van der Waals surface area contributed by atoms with E-state index in [1.165, 1.54) is 4.90 Å². The Morgan fingerprint density at radius 2 is 1.73 bits per heavy atom. The molecule has 0 aliphatic carbocycles. The van der Waals surface area contributed by atoms with Gasteiger partial charge in [0.2, 0.25) is 21.8 Å². The highest BCUT2D eigenvalue weighted by atomic mass is 79.9. The Bertz CT molecular complexity index is 1060. The minimum Gasteiger partial charge on any atom is -0.354 e. The van der Waals surface area contributed by atoms with Crippen molar-refractivity contribution in [1.29, 1.82) is 0 Å². The van der Waals surface area contributed by atoms with E-state index in [0.717, 1.165) is 39.0 Å². The molecule has 2 aromatic carbocycles. The molecular weight excluding hydrogens is 506 g/mol. The fraction of sp³-hybridized carbons (Fsp3) is 0.417. The Hall–Kier alpha value is -2.39. The quantitative estimate of drug-likeness (QED) is 0.441. The van der Waals surface area contributed by atoms with Gasteiger partial charge in [-0.1, -0.05) is 59.6 Å². The highest BCUT2D eigenvalue weighted by Gasteiger charge is 2.30. The first-order valence-corrected chi connectivity index (χ1v) is 13.5. The number of benzene rings is 2. The van der Waals surface area contributed by atoms with Crippen molar-refractivity contribution in [2.24, 2.45) is 0 Å². The van der Waals surface area contributed by atoms with Gasteiger partial charge < -0.3 is 10.2 Å². The van der Waals surface area contributed by atoms with Gasteiger partial charge in [0.15, 0.2) is 0 Å². The standard InChI is InChI=1S/C24H32BrN3O4S/c1-5-6-15-26-24(30)19(3)27(16-20-11-13-21(25)14-12-20)23(29)17-28(33(4,31)32)22-10-8-7-9-18(22)2/h7-14,19H,5-6,15-17H2,1-4H3,(H,26,30)/t19-/m1/s1. The van der Waals surface area contributed by atoms with Crippen LogP contribution in [-0.4, -0.2) is 50.5 Å². The van der Waals surface area contributed by atoms with E-state index < -0.39 is 28.5 Å². The average Bonchev–Trinajstić information content (AvgIpc) is 2.76. The van der Waals surface area contributed by atoms with Gasteiger partial charge in [-0.3, -0.25) is 13.9 Å². The molecule has 0 unspecified atom stereocenters. The molecule has 0 aliphatic heterocycles. The van der Waals surface area contributed by atoms with Crippen LogP contribution in [-0.2, 0) is 26.2 Å². The molecule has 1 N–H and O–H groups in total. The maximum Gasteiger partial charge on any atom is 0.244 e. The number of nitrogens with one attached hydrogen (secondary N) is 1. The van der Waals surface area contributed by atoms with Gasteiger partial charge >= 0.3 is 0 Å². The van der Waals surface area contributed by atoms with Crippen molar-refractivity contribution in [2.75, 3.05) is 23.7 Å². The predicted molar refractivity (Wildman–Crippen MR) is 135 cm³/mol. The van der Waals surface area contributed by atoms with Crippen molar-refractivity contribution in [1.82, 2.24) is 10.2 Å². The van der Waals surface area contributed by atoms with Gasteiger partial charge in [0, 0.05) is 17.6 Å². The van der Waals surface area contributed by atoms with Crippen LogP contribution in [0.25, 0.3) is 0 Å². The number of unbranched alkanes of at least 4 members (excludes halogenated alkanes) is 1. The zero-order chi connectivity index (χ0) is 24.6. The summed E-state index contributed by atoms with van der Waals surface area (Å²) in [6.07, 6.45) is 2.86. The Morgan fingerprint density at radius 1 is 1.09 bits per heavy atom. The number of anilines is 1. The Balaban J connectivity index is 2.34. The molecule has 9 heteroatoms. The van der Waals surface area contributed by atoms with E-state index in [2.05, 4.69) is 21.2 Å². The lowest BCUT2D eigenvalue weighted by Crippen LogP contribution is -2.51. The van der Waals surface area contributed by atoms with Crippen molar-refractivity contribution >= 4 is 43.5 Å². The highest BCUT2D eigenvalue weighted by molar-refractivity contribution is 9.10. The van der Waals surface area contributed by atoms with Gasteiger partial charge in [-0.25, -0.2) is 8.42 Å². The zero-order valence-electron chi connectivity index (χ0n) is 19.5. The molecule has 33 heavy (non-hydrogen) atoms. The summed E-state index contributed by atoms with van der Waals surface area (Å²) in [7, 11) is -3.73. The van der Waals surface area contributed by atoms with Crippen molar-refractivity contribution in [3.8, 4) is 0 Å². The topological polar surface area (TPSA) is 86.8 Å². The maximum atomic E-state index is 13.5. The van der Waals surface area contributed by atoms with Gasteiger partial charge in [-0.05, 0) is 49.6 Å². The number of halogens is 1. The number of nitrogens with zero attached hydrogens (tertiary/aromatic N) is 2. The van der Waals surface area contributed by atoms with Crippen LogP contribution >= 0.6 is 15.9 Å². The fourth-order valence-electron chi connectivity index (χ4n) is 3.34. The van der Waals surface area contributed by atoms with E-state index in [-0.39, 0.29) is 12.5 Å². The van der Waals surface area contributed by atoms with Crippen LogP contribution in [0.2, 0.25) is 0 Å². The monoisotopic (exact) mass is 537 g/mol. The predicted octanol–water partition coefficient (Wildman–Crippen LogP) is 3.86. The Kier molecular flexibility index (Phi) is 9.91. The molecule has 0 aliphatic rings. The van der Waals surface area contributed by atoms with Crippen molar-refractivity contribution in [2.45, 2.75) is 46.2 Å². The maximum absolute atomic E-state index is 13.5. The fourth-order valence-corrected chi connectivity index (χ4v) is 4.51. The van der Waals surface area contributed by atoms with Crippen molar-refractivity contribution in [3.05, 3.63) is 64.1 Å². The number of carbonyl (C=O) groups is 2. The molecule has 180 valence electrons. The molecule has 2 amide bonds. The van der Waals surface area contributed by atoms with E-state index in [1.807, 2.05) is 37.3 Å². The number of carbonyl (C=O) groups excluding carboxylic acids is 2. The first-order chi connectivity index (χ1) is 15.5. The van der Waals surface area contributed by atoms with Crippen LogP contribution in [0.4, 0.5) is 5.69 Å². The van der Waals surface area contributed by atoms with Crippen LogP contribution in [0.15, 0.2) is 53.0 Å². The van der Waals surface area contributed by atoms with Gasteiger partial charge in [-0.2, -0.15) is 0 Å². The zero-order valence-corrected chi connectivity index (χ0v) is 21.9. The third-order valence-electron chi connectivity index (χ3n) is 5.33. The largest absolute Gasteiger partial charge is 0.354 e. The second-order valence-corrected chi connectivity index (χ2v) is 10.8. The first kappa shape index (κ1) is 26.9. The van der Waals surface area contributed by atoms with Gasteiger partial charge in [0.25, 0.3) is 0 Å². The molecule has 0 heterocycles. The number of rotatable bonds is 11. The summed E-state index contributed by atoms with van der Waals surface area (Å²) >= 11 is 3.40. The second kappa shape index (κ2) is 12.2. The van der Waals surface area contributed by atoms with Crippen LogP contribution in [0.1, 0.15) is 37.8 Å². The van der Waals surface area contributed by atoms with E-state index in [1.54, 1.807) is 32.0 Å². The number of hydrogen-bond acceptors (Lipinski definition) is 4. The summed E-state index contributed by atoms with van der Waals surface area (Å²) in [4.78, 5) is 27.7. The summed E-state index contributed by atoms with van der Waals surface area (Å²) in [5.74, 6) is -0.722. The lowest BCUT2D eigenvalue weighted by atomic mass is 10.1. The highest BCUT2D eigenvalue weighted by Crippen LogP contribution is 2.23. The molecule has 0 aromatic heterocycles. The normalized spacial score (nSPS) is 12.2. The molecule has 0 fully saturated rings. The van der Waals surface area contributed by atoms with Gasteiger partial charge in [0.05, 0.1) is 11.9 Å². The number of amides is 2. The second-order valence-electron chi connectivity index (χ2n) is 8.02.